The molecule has 2 aliphatic carbocycles. The monoisotopic (exact) mass is 323 g/mol. The molecule has 104 valence electrons. The number of ether oxygens (including phenoxy) is 1. The van der Waals surface area contributed by atoms with Gasteiger partial charge in [0, 0.05) is 6.04 Å². The molecule has 3 unspecified atom stereocenters. The van der Waals surface area contributed by atoms with Gasteiger partial charge in [-0.25, -0.2) is 0 Å². The molecule has 2 aliphatic rings. The maximum atomic E-state index is 6.44. The Kier molecular flexibility index (Phi) is 3.86. The normalized spacial score (nSPS) is 30.6. The molecule has 3 atom stereocenters. The van der Waals surface area contributed by atoms with E-state index >= 15 is 0 Å². The molecular weight excluding hydrogens is 302 g/mol. The summed E-state index contributed by atoms with van der Waals surface area (Å²) in [4.78, 5) is 0. The number of halogens is 1. The molecular formula is C16H22BrNO. The SMILES string of the molecule is COc1ccc(CC(N)C2C3CCCCC32)cc1Br. The standard InChI is InChI=1S/C16H22BrNO/c1-19-15-7-6-10(8-13(15)17)9-14(18)16-11-4-2-3-5-12(11)16/h6-8,11-12,14,16H,2-5,9,18H2,1H3. The van der Waals surface area contributed by atoms with E-state index in [2.05, 4.69) is 28.1 Å². The molecule has 19 heavy (non-hydrogen) atoms. The quantitative estimate of drug-likeness (QED) is 0.915. The van der Waals surface area contributed by atoms with Crippen molar-refractivity contribution in [3.05, 3.63) is 28.2 Å². The van der Waals surface area contributed by atoms with Gasteiger partial charge in [0.2, 0.25) is 0 Å². The van der Waals surface area contributed by atoms with Crippen LogP contribution in [0.3, 0.4) is 0 Å². The molecule has 0 radical (unpaired) electrons. The van der Waals surface area contributed by atoms with E-state index in [1.807, 2.05) is 6.07 Å². The van der Waals surface area contributed by atoms with Crippen LogP contribution in [0.4, 0.5) is 0 Å². The molecule has 2 saturated carbocycles. The van der Waals surface area contributed by atoms with Crippen molar-refractivity contribution in [1.29, 1.82) is 0 Å². The lowest BCUT2D eigenvalue weighted by Crippen LogP contribution is -2.26. The van der Waals surface area contributed by atoms with Crippen molar-refractivity contribution in [1.82, 2.24) is 0 Å². The molecule has 2 fully saturated rings. The van der Waals surface area contributed by atoms with Crippen molar-refractivity contribution in [2.75, 3.05) is 7.11 Å². The van der Waals surface area contributed by atoms with Gasteiger partial charge in [0.25, 0.3) is 0 Å². The molecule has 1 aromatic rings. The Bertz CT molecular complexity index is 450. The van der Waals surface area contributed by atoms with Gasteiger partial charge in [0.1, 0.15) is 5.75 Å². The Hall–Kier alpha value is -0.540. The maximum Gasteiger partial charge on any atom is 0.133 e. The first-order valence-electron chi connectivity index (χ1n) is 7.28. The topological polar surface area (TPSA) is 35.2 Å². The van der Waals surface area contributed by atoms with Crippen LogP contribution in [0.2, 0.25) is 0 Å². The lowest BCUT2D eigenvalue weighted by molar-refractivity contribution is 0.412. The van der Waals surface area contributed by atoms with Crippen LogP contribution in [0.5, 0.6) is 5.75 Å². The highest BCUT2D eigenvalue weighted by atomic mass is 79.9. The van der Waals surface area contributed by atoms with Crippen LogP contribution in [0.1, 0.15) is 31.2 Å². The lowest BCUT2D eigenvalue weighted by atomic mass is 10.0. The van der Waals surface area contributed by atoms with Gasteiger partial charge in [-0.05, 0) is 70.6 Å². The summed E-state index contributed by atoms with van der Waals surface area (Å²) in [6.45, 7) is 0. The Labute approximate surface area is 123 Å². The number of hydrogen-bond acceptors (Lipinski definition) is 2. The minimum atomic E-state index is 0.327. The van der Waals surface area contributed by atoms with Crippen molar-refractivity contribution in [2.45, 2.75) is 38.1 Å². The molecule has 0 saturated heterocycles. The minimum absolute atomic E-state index is 0.327. The first-order valence-corrected chi connectivity index (χ1v) is 8.08. The zero-order valence-electron chi connectivity index (χ0n) is 11.4. The van der Waals surface area contributed by atoms with Crippen LogP contribution in [-0.2, 0) is 6.42 Å². The van der Waals surface area contributed by atoms with Gasteiger partial charge in [-0.2, -0.15) is 0 Å². The molecule has 1 aromatic carbocycles. The molecule has 3 rings (SSSR count). The third-order valence-electron chi connectivity index (χ3n) is 4.90. The number of nitrogens with two attached hydrogens (primary N) is 1. The van der Waals surface area contributed by atoms with Crippen molar-refractivity contribution in [3.8, 4) is 5.75 Å². The van der Waals surface area contributed by atoms with E-state index in [0.29, 0.717) is 6.04 Å². The van der Waals surface area contributed by atoms with Crippen molar-refractivity contribution in [3.63, 3.8) is 0 Å². The largest absolute Gasteiger partial charge is 0.496 e. The summed E-state index contributed by atoms with van der Waals surface area (Å²) < 4.78 is 6.28. The average molecular weight is 324 g/mol. The molecule has 2 N–H and O–H groups in total. The van der Waals surface area contributed by atoms with Gasteiger partial charge in [-0.3, -0.25) is 0 Å². The predicted octanol–water partition coefficient (Wildman–Crippen LogP) is 3.76. The molecule has 0 heterocycles. The van der Waals surface area contributed by atoms with Gasteiger partial charge < -0.3 is 10.5 Å². The third kappa shape index (κ3) is 2.68. The Morgan fingerprint density at radius 2 is 2.00 bits per heavy atom. The van der Waals surface area contributed by atoms with E-state index in [-0.39, 0.29) is 0 Å². The maximum absolute atomic E-state index is 6.44. The molecule has 0 aromatic heterocycles. The van der Waals surface area contributed by atoms with Crippen LogP contribution in [0, 0.1) is 17.8 Å². The fourth-order valence-electron chi connectivity index (χ4n) is 3.93. The number of methoxy groups -OCH3 is 1. The molecule has 0 aliphatic heterocycles. The fraction of sp³-hybridized carbons (Fsp3) is 0.625. The second-order valence-corrected chi connectivity index (χ2v) is 6.88. The van der Waals surface area contributed by atoms with Crippen LogP contribution in [-0.4, -0.2) is 13.2 Å². The van der Waals surface area contributed by atoms with Crippen LogP contribution in [0.15, 0.2) is 22.7 Å². The van der Waals surface area contributed by atoms with Gasteiger partial charge in [0.15, 0.2) is 0 Å². The van der Waals surface area contributed by atoms with Crippen molar-refractivity contribution >= 4 is 15.9 Å². The second-order valence-electron chi connectivity index (χ2n) is 6.03. The summed E-state index contributed by atoms with van der Waals surface area (Å²) in [5, 5.41) is 0. The van der Waals surface area contributed by atoms with Gasteiger partial charge in [0.05, 0.1) is 11.6 Å². The molecule has 3 heteroatoms. The minimum Gasteiger partial charge on any atom is -0.496 e. The van der Waals surface area contributed by atoms with E-state index in [4.69, 9.17) is 10.5 Å². The van der Waals surface area contributed by atoms with Gasteiger partial charge in [-0.15, -0.1) is 0 Å². The average Bonchev–Trinajstić information content (AvgIpc) is 3.13. The molecule has 2 nitrogen and oxygen atoms in total. The zero-order valence-corrected chi connectivity index (χ0v) is 13.0. The fourth-order valence-corrected chi connectivity index (χ4v) is 4.52. The summed E-state index contributed by atoms with van der Waals surface area (Å²) in [5.74, 6) is 3.54. The van der Waals surface area contributed by atoms with E-state index in [1.165, 1.54) is 31.2 Å². The summed E-state index contributed by atoms with van der Waals surface area (Å²) in [7, 11) is 1.69. The van der Waals surface area contributed by atoms with E-state index in [9.17, 15) is 0 Å². The number of benzene rings is 1. The highest BCUT2D eigenvalue weighted by Gasteiger charge is 2.52. The number of fused-ring (bicyclic) bond motifs is 1. The summed E-state index contributed by atoms with van der Waals surface area (Å²) in [6.07, 6.45) is 6.64. The van der Waals surface area contributed by atoms with Crippen LogP contribution < -0.4 is 10.5 Å². The number of rotatable bonds is 4. The van der Waals surface area contributed by atoms with Crippen LogP contribution in [0.25, 0.3) is 0 Å². The van der Waals surface area contributed by atoms with E-state index in [1.54, 1.807) is 7.11 Å². The smallest absolute Gasteiger partial charge is 0.133 e. The van der Waals surface area contributed by atoms with Gasteiger partial charge >= 0.3 is 0 Å². The van der Waals surface area contributed by atoms with Crippen LogP contribution >= 0.6 is 15.9 Å². The van der Waals surface area contributed by atoms with E-state index in [0.717, 1.165) is 34.4 Å². The first-order chi connectivity index (χ1) is 9.20. The summed E-state index contributed by atoms with van der Waals surface area (Å²) in [5.41, 5.74) is 7.75. The Morgan fingerprint density at radius 1 is 1.32 bits per heavy atom. The number of hydrogen-bond donors (Lipinski definition) is 1. The summed E-state index contributed by atoms with van der Waals surface area (Å²) in [6, 6.07) is 6.63. The molecule has 0 spiro atoms. The van der Waals surface area contributed by atoms with E-state index < -0.39 is 0 Å². The summed E-state index contributed by atoms with van der Waals surface area (Å²) >= 11 is 3.55. The zero-order chi connectivity index (χ0) is 13.4. The second kappa shape index (κ2) is 5.45. The third-order valence-corrected chi connectivity index (χ3v) is 5.52. The Morgan fingerprint density at radius 3 is 2.58 bits per heavy atom. The highest BCUT2D eigenvalue weighted by Crippen LogP contribution is 2.56. The van der Waals surface area contributed by atoms with Gasteiger partial charge in [-0.1, -0.05) is 18.9 Å². The van der Waals surface area contributed by atoms with Crippen molar-refractivity contribution < 1.29 is 4.74 Å². The Balaban J connectivity index is 1.63. The molecule has 0 bridgehead atoms. The highest BCUT2D eigenvalue weighted by molar-refractivity contribution is 9.10. The van der Waals surface area contributed by atoms with Crippen molar-refractivity contribution in [2.24, 2.45) is 23.5 Å². The molecule has 0 amide bonds. The first kappa shape index (κ1) is 13.4. The lowest BCUT2D eigenvalue weighted by Gasteiger charge is -2.13. The predicted molar refractivity (Wildman–Crippen MR) is 81.3 cm³/mol.